The van der Waals surface area contributed by atoms with Crippen molar-refractivity contribution in [3.05, 3.63) is 78.1 Å². The molecule has 4 nitrogen and oxygen atoms in total. The number of carbonyl (C=O) groups is 1. The van der Waals surface area contributed by atoms with E-state index in [1.807, 2.05) is 29.9 Å². The average molecular weight is 430 g/mol. The number of nitrogens with zero attached hydrogens (tertiary/aromatic N) is 3. The molecule has 0 unspecified atom stereocenters. The summed E-state index contributed by atoms with van der Waals surface area (Å²) in [6, 6.07) is 19.2. The van der Waals surface area contributed by atoms with Gasteiger partial charge in [0.1, 0.15) is 0 Å². The van der Waals surface area contributed by atoms with Crippen molar-refractivity contribution < 1.29 is 4.79 Å². The lowest BCUT2D eigenvalue weighted by Gasteiger charge is -2.32. The Kier molecular flexibility index (Phi) is 5.85. The Bertz CT molecular complexity index is 1140. The highest BCUT2D eigenvalue weighted by Crippen LogP contribution is 2.29. The second kappa shape index (κ2) is 9.06. The number of piperidine rings is 1. The van der Waals surface area contributed by atoms with Gasteiger partial charge in [-0.2, -0.15) is 0 Å². The van der Waals surface area contributed by atoms with Gasteiger partial charge in [0, 0.05) is 49.4 Å². The molecule has 0 N–H and O–H groups in total. The molecule has 0 spiro atoms. The Morgan fingerprint density at radius 1 is 1.06 bits per heavy atom. The van der Waals surface area contributed by atoms with Crippen molar-refractivity contribution >= 4 is 28.1 Å². The second-order valence-corrected chi connectivity index (χ2v) is 9.30. The molecule has 1 amide bonds. The topological polar surface area (TPSA) is 38.1 Å². The SMILES string of the molecule is O=C(CCc1ccccc1)N1CCC(Cn2ccc3cc(-c4cncs4)ccc32)CC1. The van der Waals surface area contributed by atoms with Crippen LogP contribution in [0.25, 0.3) is 21.3 Å². The fourth-order valence-electron chi connectivity index (χ4n) is 4.57. The maximum absolute atomic E-state index is 12.6. The molecule has 1 saturated heterocycles. The van der Waals surface area contributed by atoms with Crippen LogP contribution in [0.15, 0.2) is 72.5 Å². The average Bonchev–Trinajstić information content (AvgIpc) is 3.49. The van der Waals surface area contributed by atoms with Gasteiger partial charge in [-0.15, -0.1) is 11.3 Å². The minimum Gasteiger partial charge on any atom is -0.347 e. The molecule has 0 saturated carbocycles. The third-order valence-electron chi connectivity index (χ3n) is 6.38. The highest BCUT2D eigenvalue weighted by atomic mass is 32.1. The lowest BCUT2D eigenvalue weighted by molar-refractivity contribution is -0.132. The number of aryl methyl sites for hydroxylation is 1. The Balaban J connectivity index is 1.16. The molecule has 4 aromatic rings. The van der Waals surface area contributed by atoms with Gasteiger partial charge in [-0.1, -0.05) is 36.4 Å². The Morgan fingerprint density at radius 2 is 1.90 bits per heavy atom. The van der Waals surface area contributed by atoms with Crippen LogP contribution in [0.2, 0.25) is 0 Å². The lowest BCUT2D eigenvalue weighted by atomic mass is 9.96. The third kappa shape index (κ3) is 4.57. The van der Waals surface area contributed by atoms with Crippen molar-refractivity contribution in [1.29, 1.82) is 0 Å². The smallest absolute Gasteiger partial charge is 0.222 e. The summed E-state index contributed by atoms with van der Waals surface area (Å²) in [5.74, 6) is 0.916. The van der Waals surface area contributed by atoms with Gasteiger partial charge in [-0.05, 0) is 54.5 Å². The van der Waals surface area contributed by atoms with Gasteiger partial charge >= 0.3 is 0 Å². The van der Waals surface area contributed by atoms with Gasteiger partial charge in [0.25, 0.3) is 0 Å². The van der Waals surface area contributed by atoms with E-state index in [1.165, 1.54) is 26.9 Å². The molecule has 1 fully saturated rings. The van der Waals surface area contributed by atoms with E-state index >= 15 is 0 Å². The minimum atomic E-state index is 0.296. The molecule has 2 aromatic heterocycles. The highest BCUT2D eigenvalue weighted by Gasteiger charge is 2.23. The predicted octanol–water partition coefficient (Wildman–Crippen LogP) is 5.64. The van der Waals surface area contributed by atoms with E-state index in [-0.39, 0.29) is 0 Å². The first-order valence-electron chi connectivity index (χ1n) is 11.1. The molecule has 158 valence electrons. The zero-order valence-electron chi connectivity index (χ0n) is 17.6. The number of aromatic nitrogens is 2. The third-order valence-corrected chi connectivity index (χ3v) is 7.20. The number of fused-ring (bicyclic) bond motifs is 1. The lowest BCUT2D eigenvalue weighted by Crippen LogP contribution is -2.39. The van der Waals surface area contributed by atoms with E-state index in [1.54, 1.807) is 11.3 Å². The first kappa shape index (κ1) is 20.0. The van der Waals surface area contributed by atoms with Crippen molar-refractivity contribution in [3.63, 3.8) is 0 Å². The van der Waals surface area contributed by atoms with E-state index in [2.05, 4.69) is 57.0 Å². The monoisotopic (exact) mass is 429 g/mol. The van der Waals surface area contributed by atoms with Crippen molar-refractivity contribution in [2.75, 3.05) is 13.1 Å². The molecule has 0 radical (unpaired) electrons. The van der Waals surface area contributed by atoms with Crippen molar-refractivity contribution in [3.8, 4) is 10.4 Å². The summed E-state index contributed by atoms with van der Waals surface area (Å²) in [5, 5.41) is 1.28. The second-order valence-electron chi connectivity index (χ2n) is 8.42. The van der Waals surface area contributed by atoms with Crippen LogP contribution in [0, 0.1) is 5.92 Å². The van der Waals surface area contributed by atoms with Gasteiger partial charge in [0.15, 0.2) is 0 Å². The molecule has 2 aromatic carbocycles. The predicted molar refractivity (Wildman–Crippen MR) is 127 cm³/mol. The standard InChI is InChI=1S/C26H27N3OS/c30-26(9-6-20-4-2-1-3-5-20)28-13-10-21(11-14-28)18-29-15-12-22-16-23(7-8-24(22)29)25-17-27-19-31-25/h1-5,7-8,12,15-17,19,21H,6,9-11,13-14,18H2. The number of benzene rings is 2. The number of hydrogen-bond donors (Lipinski definition) is 0. The summed E-state index contributed by atoms with van der Waals surface area (Å²) >= 11 is 1.67. The summed E-state index contributed by atoms with van der Waals surface area (Å²) in [6.07, 6.45) is 7.74. The van der Waals surface area contributed by atoms with Crippen LogP contribution < -0.4 is 0 Å². The maximum atomic E-state index is 12.6. The summed E-state index contributed by atoms with van der Waals surface area (Å²) in [4.78, 5) is 20.1. The molecule has 0 aliphatic carbocycles. The molecule has 1 aliphatic heterocycles. The molecule has 0 bridgehead atoms. The van der Waals surface area contributed by atoms with E-state index < -0.39 is 0 Å². The van der Waals surface area contributed by atoms with Crippen molar-refractivity contribution in [1.82, 2.24) is 14.5 Å². The molecule has 1 aliphatic rings. The molecular formula is C26H27N3OS. The van der Waals surface area contributed by atoms with E-state index in [4.69, 9.17) is 0 Å². The van der Waals surface area contributed by atoms with Crippen LogP contribution in [-0.2, 0) is 17.8 Å². The van der Waals surface area contributed by atoms with Gasteiger partial charge < -0.3 is 9.47 Å². The summed E-state index contributed by atoms with van der Waals surface area (Å²) in [5.41, 5.74) is 5.64. The highest BCUT2D eigenvalue weighted by molar-refractivity contribution is 7.13. The zero-order valence-corrected chi connectivity index (χ0v) is 18.4. The van der Waals surface area contributed by atoms with Crippen LogP contribution >= 0.6 is 11.3 Å². The Hall–Kier alpha value is -2.92. The summed E-state index contributed by atoms with van der Waals surface area (Å²) < 4.78 is 2.38. The quantitative estimate of drug-likeness (QED) is 0.398. The normalized spacial score (nSPS) is 14.9. The van der Waals surface area contributed by atoms with Crippen LogP contribution in [0.4, 0.5) is 0 Å². The number of hydrogen-bond acceptors (Lipinski definition) is 3. The van der Waals surface area contributed by atoms with Gasteiger partial charge in [-0.3, -0.25) is 9.78 Å². The fourth-order valence-corrected chi connectivity index (χ4v) is 5.19. The molecular weight excluding hydrogens is 402 g/mol. The Morgan fingerprint density at radius 3 is 2.68 bits per heavy atom. The van der Waals surface area contributed by atoms with E-state index in [0.717, 1.165) is 38.9 Å². The summed E-state index contributed by atoms with van der Waals surface area (Å²) in [6.45, 7) is 2.79. The number of likely N-dealkylation sites (tertiary alicyclic amines) is 1. The molecule has 0 atom stereocenters. The largest absolute Gasteiger partial charge is 0.347 e. The number of thiazole rings is 1. The number of carbonyl (C=O) groups excluding carboxylic acids is 1. The van der Waals surface area contributed by atoms with Crippen LogP contribution in [0.1, 0.15) is 24.8 Å². The molecule has 5 rings (SSSR count). The number of amides is 1. The first-order chi connectivity index (χ1) is 15.3. The van der Waals surface area contributed by atoms with Crippen LogP contribution in [0.5, 0.6) is 0 Å². The first-order valence-corrected chi connectivity index (χ1v) is 11.9. The van der Waals surface area contributed by atoms with Crippen molar-refractivity contribution in [2.45, 2.75) is 32.2 Å². The van der Waals surface area contributed by atoms with E-state index in [9.17, 15) is 4.79 Å². The maximum Gasteiger partial charge on any atom is 0.222 e. The van der Waals surface area contributed by atoms with Gasteiger partial charge in [0.05, 0.1) is 10.4 Å². The van der Waals surface area contributed by atoms with Crippen molar-refractivity contribution in [2.24, 2.45) is 5.92 Å². The number of rotatable bonds is 6. The molecule has 3 heterocycles. The van der Waals surface area contributed by atoms with Gasteiger partial charge in [0.2, 0.25) is 5.91 Å². The minimum absolute atomic E-state index is 0.296. The fraction of sp³-hybridized carbons (Fsp3) is 0.308. The zero-order chi connectivity index (χ0) is 21.0. The summed E-state index contributed by atoms with van der Waals surface area (Å²) in [7, 11) is 0. The molecule has 31 heavy (non-hydrogen) atoms. The van der Waals surface area contributed by atoms with Crippen LogP contribution in [0.3, 0.4) is 0 Å². The van der Waals surface area contributed by atoms with Gasteiger partial charge in [-0.25, -0.2) is 0 Å². The molecule has 5 heteroatoms. The van der Waals surface area contributed by atoms with E-state index in [0.29, 0.717) is 18.2 Å². The van der Waals surface area contributed by atoms with Crippen LogP contribution in [-0.4, -0.2) is 33.4 Å². The Labute approximate surface area is 187 Å².